The van der Waals surface area contributed by atoms with Crippen LogP contribution in [0.2, 0.25) is 0 Å². The van der Waals surface area contributed by atoms with Gasteiger partial charge in [0, 0.05) is 4.88 Å². The Morgan fingerprint density at radius 2 is 2.22 bits per heavy atom. The zero-order valence-corrected chi connectivity index (χ0v) is 10.9. The summed E-state index contributed by atoms with van der Waals surface area (Å²) < 4.78 is 0. The molecule has 94 valence electrons. The number of nitrogen functional groups attached to an aromatic ring is 1. The lowest BCUT2D eigenvalue weighted by atomic mass is 10.3. The van der Waals surface area contributed by atoms with E-state index in [0.29, 0.717) is 5.13 Å². The first-order chi connectivity index (χ1) is 8.60. The van der Waals surface area contributed by atoms with Crippen molar-refractivity contribution in [3.05, 3.63) is 28.7 Å². The number of amides is 1. The van der Waals surface area contributed by atoms with Crippen molar-refractivity contribution < 1.29 is 4.79 Å². The third-order valence-electron chi connectivity index (χ3n) is 2.35. The molecule has 0 radical (unpaired) electrons. The number of aryl methyl sites for hydroxylation is 2. The molecule has 6 nitrogen and oxygen atoms in total. The molecule has 2 rings (SSSR count). The fourth-order valence-corrected chi connectivity index (χ4v) is 2.32. The van der Waals surface area contributed by atoms with E-state index in [1.165, 1.54) is 23.7 Å². The van der Waals surface area contributed by atoms with E-state index in [1.54, 1.807) is 0 Å². The third-order valence-corrected chi connectivity index (χ3v) is 3.28. The highest BCUT2D eigenvalue weighted by Crippen LogP contribution is 2.22. The van der Waals surface area contributed by atoms with Gasteiger partial charge in [0.1, 0.15) is 11.5 Å². The molecule has 0 saturated carbocycles. The first-order valence-electron chi connectivity index (χ1n) is 5.45. The van der Waals surface area contributed by atoms with Gasteiger partial charge < -0.3 is 5.73 Å². The van der Waals surface area contributed by atoms with Gasteiger partial charge in [-0.2, -0.15) is 0 Å². The fourth-order valence-electron chi connectivity index (χ4n) is 1.43. The topological polar surface area (TPSA) is 93.8 Å². The summed E-state index contributed by atoms with van der Waals surface area (Å²) in [5, 5.41) is 3.28. The van der Waals surface area contributed by atoms with Crippen LogP contribution in [0.3, 0.4) is 0 Å². The minimum atomic E-state index is -0.334. The van der Waals surface area contributed by atoms with Crippen LogP contribution in [0.4, 0.5) is 10.9 Å². The summed E-state index contributed by atoms with van der Waals surface area (Å²) in [6.45, 7) is 4.01. The minimum Gasteiger partial charge on any atom is -0.382 e. The van der Waals surface area contributed by atoms with Crippen LogP contribution < -0.4 is 11.1 Å². The Kier molecular flexibility index (Phi) is 3.52. The molecule has 0 unspecified atom stereocenters. The van der Waals surface area contributed by atoms with Crippen LogP contribution in [0, 0.1) is 6.92 Å². The third kappa shape index (κ3) is 2.62. The predicted molar refractivity (Wildman–Crippen MR) is 70.6 cm³/mol. The van der Waals surface area contributed by atoms with Gasteiger partial charge in [-0.05, 0) is 13.3 Å². The van der Waals surface area contributed by atoms with Crippen molar-refractivity contribution in [3.8, 4) is 0 Å². The van der Waals surface area contributed by atoms with Gasteiger partial charge >= 0.3 is 0 Å². The summed E-state index contributed by atoms with van der Waals surface area (Å²) in [4.78, 5) is 25.0. The number of rotatable bonds is 3. The average Bonchev–Trinajstić information content (AvgIpc) is 2.70. The molecular formula is C11H13N5OS. The molecule has 0 atom stereocenters. The van der Waals surface area contributed by atoms with Gasteiger partial charge in [-0.25, -0.2) is 15.0 Å². The van der Waals surface area contributed by atoms with Gasteiger partial charge in [0.15, 0.2) is 5.13 Å². The van der Waals surface area contributed by atoms with E-state index >= 15 is 0 Å². The molecule has 2 heterocycles. The van der Waals surface area contributed by atoms with Crippen molar-refractivity contribution in [1.82, 2.24) is 15.0 Å². The van der Waals surface area contributed by atoms with Crippen LogP contribution in [-0.2, 0) is 6.42 Å². The number of nitrogens with zero attached hydrogens (tertiary/aromatic N) is 3. The molecule has 18 heavy (non-hydrogen) atoms. The molecule has 0 fully saturated rings. The Bertz CT molecular complexity index is 563. The minimum absolute atomic E-state index is 0.218. The number of nitrogens with two attached hydrogens (primary N) is 1. The predicted octanol–water partition coefficient (Wildman–Crippen LogP) is 1.64. The summed E-state index contributed by atoms with van der Waals surface area (Å²) in [5.41, 5.74) is 6.62. The lowest BCUT2D eigenvalue weighted by Gasteiger charge is -2.00. The number of hydrogen-bond acceptors (Lipinski definition) is 6. The second-order valence-electron chi connectivity index (χ2n) is 3.66. The number of nitrogens with one attached hydrogen (secondary N) is 1. The lowest BCUT2D eigenvalue weighted by molar-refractivity contribution is 0.102. The Labute approximate surface area is 108 Å². The Balaban J connectivity index is 2.13. The molecule has 0 aliphatic rings. The number of anilines is 2. The highest BCUT2D eigenvalue weighted by molar-refractivity contribution is 7.15. The molecule has 0 aliphatic heterocycles. The summed E-state index contributed by atoms with van der Waals surface area (Å²) in [6, 6.07) is 0. The lowest BCUT2D eigenvalue weighted by Crippen LogP contribution is -2.14. The van der Waals surface area contributed by atoms with E-state index in [4.69, 9.17) is 5.73 Å². The molecule has 3 N–H and O–H groups in total. The van der Waals surface area contributed by atoms with Gasteiger partial charge in [0.05, 0.1) is 18.1 Å². The summed E-state index contributed by atoms with van der Waals surface area (Å²) in [6.07, 6.45) is 3.53. The molecule has 0 saturated heterocycles. The molecule has 1 amide bonds. The van der Waals surface area contributed by atoms with Crippen molar-refractivity contribution in [2.24, 2.45) is 0 Å². The highest BCUT2D eigenvalue weighted by Gasteiger charge is 2.12. The van der Waals surface area contributed by atoms with E-state index in [-0.39, 0.29) is 17.4 Å². The van der Waals surface area contributed by atoms with Crippen LogP contribution in [0.15, 0.2) is 12.4 Å². The Morgan fingerprint density at radius 1 is 1.44 bits per heavy atom. The fraction of sp³-hybridized carbons (Fsp3) is 0.273. The number of carbonyl (C=O) groups excluding carboxylic acids is 1. The van der Waals surface area contributed by atoms with Crippen molar-refractivity contribution in [3.63, 3.8) is 0 Å². The largest absolute Gasteiger partial charge is 0.382 e. The van der Waals surface area contributed by atoms with Crippen LogP contribution in [0.5, 0.6) is 0 Å². The van der Waals surface area contributed by atoms with E-state index in [0.717, 1.165) is 17.0 Å². The van der Waals surface area contributed by atoms with E-state index in [1.807, 2.05) is 13.8 Å². The maximum Gasteiger partial charge on any atom is 0.277 e. The molecule has 0 bridgehead atoms. The second kappa shape index (κ2) is 5.09. The van der Waals surface area contributed by atoms with Crippen molar-refractivity contribution in [2.45, 2.75) is 20.3 Å². The summed E-state index contributed by atoms with van der Waals surface area (Å²) in [7, 11) is 0. The van der Waals surface area contributed by atoms with Crippen molar-refractivity contribution in [1.29, 1.82) is 0 Å². The number of aromatic nitrogens is 3. The van der Waals surface area contributed by atoms with Gasteiger partial charge in [-0.1, -0.05) is 6.92 Å². The zero-order chi connectivity index (χ0) is 13.1. The zero-order valence-electron chi connectivity index (χ0n) is 10.1. The SMILES string of the molecule is CCc1nc(NC(=O)c2cnc(N)cn2)sc1C. The highest BCUT2D eigenvalue weighted by atomic mass is 32.1. The van der Waals surface area contributed by atoms with Crippen LogP contribution in [-0.4, -0.2) is 20.9 Å². The smallest absolute Gasteiger partial charge is 0.277 e. The van der Waals surface area contributed by atoms with Crippen molar-refractivity contribution >= 4 is 28.2 Å². The second-order valence-corrected chi connectivity index (χ2v) is 4.86. The first-order valence-corrected chi connectivity index (χ1v) is 6.27. The molecule has 7 heteroatoms. The molecular weight excluding hydrogens is 250 g/mol. The van der Waals surface area contributed by atoms with Gasteiger partial charge in [0.25, 0.3) is 5.91 Å². The number of thiazole rings is 1. The monoisotopic (exact) mass is 263 g/mol. The Morgan fingerprint density at radius 3 is 2.78 bits per heavy atom. The van der Waals surface area contributed by atoms with Crippen LogP contribution in [0.25, 0.3) is 0 Å². The summed E-state index contributed by atoms with van der Waals surface area (Å²) >= 11 is 1.45. The Hall–Kier alpha value is -2.02. The molecule has 2 aromatic rings. The van der Waals surface area contributed by atoms with E-state index in [9.17, 15) is 4.79 Å². The molecule has 0 aromatic carbocycles. The average molecular weight is 263 g/mol. The van der Waals surface area contributed by atoms with Gasteiger partial charge in [0.2, 0.25) is 0 Å². The molecule has 2 aromatic heterocycles. The standard InChI is InChI=1S/C11H13N5OS/c1-3-7-6(2)18-11(15-7)16-10(17)8-4-14-9(12)5-13-8/h4-5H,3H2,1-2H3,(H2,12,14)(H,15,16,17). The van der Waals surface area contributed by atoms with Crippen molar-refractivity contribution in [2.75, 3.05) is 11.1 Å². The van der Waals surface area contributed by atoms with Gasteiger partial charge in [-0.3, -0.25) is 10.1 Å². The molecule has 0 aliphatic carbocycles. The van der Waals surface area contributed by atoms with Crippen LogP contribution in [0.1, 0.15) is 28.0 Å². The maximum atomic E-state index is 11.8. The maximum absolute atomic E-state index is 11.8. The van der Waals surface area contributed by atoms with Gasteiger partial charge in [-0.15, -0.1) is 11.3 Å². The first kappa shape index (κ1) is 12.4. The number of carbonyl (C=O) groups is 1. The normalized spacial score (nSPS) is 10.3. The quantitative estimate of drug-likeness (QED) is 0.878. The number of hydrogen-bond donors (Lipinski definition) is 2. The summed E-state index contributed by atoms with van der Waals surface area (Å²) in [5.74, 6) is -0.0520. The van der Waals surface area contributed by atoms with E-state index in [2.05, 4.69) is 20.3 Å². The molecule has 0 spiro atoms. The van der Waals surface area contributed by atoms with Crippen LogP contribution >= 0.6 is 11.3 Å². The van der Waals surface area contributed by atoms with E-state index < -0.39 is 0 Å².